The van der Waals surface area contributed by atoms with E-state index in [0.29, 0.717) is 30.1 Å². The fourth-order valence-corrected chi connectivity index (χ4v) is 7.25. The maximum atomic E-state index is 14.5. The molecule has 2 atom stereocenters. The Morgan fingerprint density at radius 1 is 1.00 bits per heavy atom. The van der Waals surface area contributed by atoms with Crippen LogP contribution in [0.2, 0.25) is 5.02 Å². The number of likely N-dealkylation sites (tertiary alicyclic amines) is 1. The van der Waals surface area contributed by atoms with E-state index in [1.165, 1.54) is 12.0 Å². The number of rotatable bonds is 9. The van der Waals surface area contributed by atoms with E-state index in [1.807, 2.05) is 36.4 Å². The van der Waals surface area contributed by atoms with Crippen molar-refractivity contribution in [2.24, 2.45) is 0 Å². The topological polar surface area (TPSA) is 85.0 Å². The number of hydrogen-bond donors (Lipinski definition) is 2. The minimum absolute atomic E-state index is 0.132. The Labute approximate surface area is 254 Å². The third kappa shape index (κ3) is 6.16. The van der Waals surface area contributed by atoms with E-state index in [9.17, 15) is 14.4 Å². The molecule has 2 aromatic carbocycles. The molecular formula is C33H44ClN5O3. The standard InChI is InChI=1S/C33H44ClN5O3/c1-35-31(41)33(39-21-9-18-36-32(39)42,37(2)30(40)29-13-8-11-25-10-4-5-12-28(25)29)22-26(23-38-19-6-3-7-20-38)24-14-16-27(34)17-15-24/h8,11,13-17,26H,3-7,9-10,12,18-23H2,1-2H3,(H,35,41)(H,36,42). The normalized spacial score (nSPS) is 19.7. The second-order valence-corrected chi connectivity index (χ2v) is 12.4. The predicted molar refractivity (Wildman–Crippen MR) is 166 cm³/mol. The summed E-state index contributed by atoms with van der Waals surface area (Å²) in [6.45, 7) is 3.62. The monoisotopic (exact) mass is 593 g/mol. The number of nitrogens with one attached hydrogen (secondary N) is 2. The first-order chi connectivity index (χ1) is 20.3. The van der Waals surface area contributed by atoms with Crippen LogP contribution >= 0.6 is 11.6 Å². The molecule has 0 spiro atoms. The van der Waals surface area contributed by atoms with Gasteiger partial charge in [-0.25, -0.2) is 4.79 Å². The number of carbonyl (C=O) groups is 3. The van der Waals surface area contributed by atoms with Crippen LogP contribution in [0.15, 0.2) is 42.5 Å². The number of fused-ring (bicyclic) bond motifs is 1. The lowest BCUT2D eigenvalue weighted by atomic mass is 9.83. The number of aryl methyl sites for hydroxylation is 1. The van der Waals surface area contributed by atoms with Crippen molar-refractivity contribution in [3.05, 3.63) is 69.7 Å². The van der Waals surface area contributed by atoms with Crippen molar-refractivity contribution >= 4 is 29.4 Å². The fourth-order valence-electron chi connectivity index (χ4n) is 7.13. The number of amides is 4. The van der Waals surface area contributed by atoms with E-state index in [4.69, 9.17) is 11.6 Å². The van der Waals surface area contributed by atoms with Crippen molar-refractivity contribution in [2.75, 3.05) is 46.8 Å². The zero-order chi connectivity index (χ0) is 29.7. The molecule has 0 saturated carbocycles. The number of nitrogens with zero attached hydrogens (tertiary/aromatic N) is 3. The maximum absolute atomic E-state index is 14.5. The molecule has 2 aromatic rings. The van der Waals surface area contributed by atoms with Crippen LogP contribution in [0.4, 0.5) is 4.79 Å². The van der Waals surface area contributed by atoms with Gasteiger partial charge in [-0.05, 0) is 92.9 Å². The van der Waals surface area contributed by atoms with Crippen LogP contribution in [-0.2, 0) is 17.6 Å². The van der Waals surface area contributed by atoms with E-state index in [0.717, 1.165) is 69.3 Å². The van der Waals surface area contributed by atoms with Crippen molar-refractivity contribution < 1.29 is 14.4 Å². The number of hydrogen-bond acceptors (Lipinski definition) is 4. The highest BCUT2D eigenvalue weighted by Gasteiger charge is 2.53. The molecule has 0 bridgehead atoms. The van der Waals surface area contributed by atoms with Gasteiger partial charge < -0.3 is 20.4 Å². The van der Waals surface area contributed by atoms with Crippen LogP contribution in [0, 0.1) is 0 Å². The first-order valence-electron chi connectivity index (χ1n) is 15.5. The Hall–Kier alpha value is -3.10. The Kier molecular flexibility index (Phi) is 9.74. The Bertz CT molecular complexity index is 1280. The number of carbonyl (C=O) groups excluding carboxylic acids is 3. The molecule has 0 radical (unpaired) electrons. The molecule has 9 heteroatoms. The van der Waals surface area contributed by atoms with Gasteiger partial charge in [0.15, 0.2) is 0 Å². The van der Waals surface area contributed by atoms with E-state index in [1.54, 1.807) is 23.9 Å². The Morgan fingerprint density at radius 2 is 1.74 bits per heavy atom. The fraction of sp³-hybridized carbons (Fsp3) is 0.545. The van der Waals surface area contributed by atoms with Gasteiger partial charge in [0.25, 0.3) is 11.8 Å². The van der Waals surface area contributed by atoms with Crippen LogP contribution in [0.3, 0.4) is 0 Å². The van der Waals surface area contributed by atoms with Gasteiger partial charge in [-0.2, -0.15) is 0 Å². The van der Waals surface area contributed by atoms with Crippen molar-refractivity contribution in [1.29, 1.82) is 0 Å². The van der Waals surface area contributed by atoms with Gasteiger partial charge in [0.05, 0.1) is 0 Å². The van der Waals surface area contributed by atoms with Crippen LogP contribution in [0.1, 0.15) is 77.9 Å². The first-order valence-corrected chi connectivity index (χ1v) is 15.9. The summed E-state index contributed by atoms with van der Waals surface area (Å²) in [5.41, 5.74) is 2.38. The van der Waals surface area contributed by atoms with Crippen LogP contribution in [0.5, 0.6) is 0 Å². The van der Waals surface area contributed by atoms with E-state index in [-0.39, 0.29) is 30.2 Å². The molecule has 2 unspecified atom stereocenters. The Balaban J connectivity index is 1.61. The predicted octanol–water partition coefficient (Wildman–Crippen LogP) is 4.81. The number of urea groups is 1. The number of benzene rings is 2. The summed E-state index contributed by atoms with van der Waals surface area (Å²) in [7, 11) is 3.28. The smallest absolute Gasteiger partial charge is 0.319 e. The minimum Gasteiger partial charge on any atom is -0.355 e. The lowest BCUT2D eigenvalue weighted by Crippen LogP contribution is -2.72. The molecule has 2 heterocycles. The average molecular weight is 594 g/mol. The van der Waals surface area contributed by atoms with Crippen molar-refractivity contribution in [1.82, 2.24) is 25.3 Å². The van der Waals surface area contributed by atoms with Gasteiger partial charge in [0, 0.05) is 56.7 Å². The summed E-state index contributed by atoms with van der Waals surface area (Å²) >= 11 is 6.28. The first kappa shape index (κ1) is 30.4. The minimum atomic E-state index is -1.55. The molecule has 4 amide bonds. The third-order valence-electron chi connectivity index (χ3n) is 9.40. The van der Waals surface area contributed by atoms with Crippen LogP contribution in [-0.4, -0.2) is 85.0 Å². The highest BCUT2D eigenvalue weighted by molar-refractivity contribution is 6.30. The summed E-state index contributed by atoms with van der Waals surface area (Å²) in [5, 5.41) is 6.44. The summed E-state index contributed by atoms with van der Waals surface area (Å²) < 4.78 is 0. The lowest BCUT2D eigenvalue weighted by Gasteiger charge is -2.50. The van der Waals surface area contributed by atoms with Gasteiger partial charge >= 0.3 is 6.03 Å². The summed E-state index contributed by atoms with van der Waals surface area (Å²) in [6, 6.07) is 13.4. The van der Waals surface area contributed by atoms with Gasteiger partial charge in [0.1, 0.15) is 0 Å². The number of halogens is 1. The molecule has 2 aliphatic heterocycles. The molecule has 3 aliphatic rings. The van der Waals surface area contributed by atoms with Gasteiger partial charge in [-0.3, -0.25) is 14.5 Å². The zero-order valence-corrected chi connectivity index (χ0v) is 25.7. The van der Waals surface area contributed by atoms with Crippen LogP contribution < -0.4 is 10.6 Å². The summed E-state index contributed by atoms with van der Waals surface area (Å²) in [6.07, 6.45) is 8.37. The summed E-state index contributed by atoms with van der Waals surface area (Å²) in [5.74, 6) is -0.728. The molecular weight excluding hydrogens is 550 g/mol. The highest BCUT2D eigenvalue weighted by Crippen LogP contribution is 2.37. The zero-order valence-electron chi connectivity index (χ0n) is 25.0. The highest BCUT2D eigenvalue weighted by atomic mass is 35.5. The average Bonchev–Trinajstić information content (AvgIpc) is 3.03. The number of piperidine rings is 1. The van der Waals surface area contributed by atoms with E-state index in [2.05, 4.69) is 21.6 Å². The van der Waals surface area contributed by atoms with Gasteiger partial charge in [-0.1, -0.05) is 42.3 Å². The molecule has 5 rings (SSSR count). The quantitative estimate of drug-likeness (QED) is 0.437. The molecule has 226 valence electrons. The molecule has 8 nitrogen and oxygen atoms in total. The van der Waals surface area contributed by atoms with Gasteiger partial charge in [-0.15, -0.1) is 0 Å². The van der Waals surface area contributed by atoms with E-state index >= 15 is 0 Å². The van der Waals surface area contributed by atoms with Gasteiger partial charge in [0.2, 0.25) is 5.66 Å². The second-order valence-electron chi connectivity index (χ2n) is 12.0. The lowest BCUT2D eigenvalue weighted by molar-refractivity contribution is -0.142. The second kappa shape index (κ2) is 13.5. The van der Waals surface area contributed by atoms with Crippen molar-refractivity contribution in [2.45, 2.75) is 69.4 Å². The molecule has 2 N–H and O–H groups in total. The molecule has 42 heavy (non-hydrogen) atoms. The molecule has 1 aliphatic carbocycles. The van der Waals surface area contributed by atoms with E-state index < -0.39 is 5.66 Å². The van der Waals surface area contributed by atoms with Crippen molar-refractivity contribution in [3.63, 3.8) is 0 Å². The maximum Gasteiger partial charge on any atom is 0.319 e. The molecule has 2 fully saturated rings. The van der Waals surface area contributed by atoms with Crippen LogP contribution in [0.25, 0.3) is 0 Å². The SMILES string of the molecule is CNC(=O)C(CC(CN1CCCCC1)c1ccc(Cl)cc1)(N(C)C(=O)c1cccc2c1CCCC2)N1CCCNC1=O. The molecule has 2 saturated heterocycles. The summed E-state index contributed by atoms with van der Waals surface area (Å²) in [4.78, 5) is 48.0. The Morgan fingerprint density at radius 3 is 2.45 bits per heavy atom. The largest absolute Gasteiger partial charge is 0.355 e. The number of likely N-dealkylation sites (N-methyl/N-ethyl adjacent to an activating group) is 2. The molecule has 0 aromatic heterocycles. The van der Waals surface area contributed by atoms with Crippen molar-refractivity contribution in [3.8, 4) is 0 Å². The third-order valence-corrected chi connectivity index (χ3v) is 9.65.